The van der Waals surface area contributed by atoms with Gasteiger partial charge >= 0.3 is 0 Å². The van der Waals surface area contributed by atoms with E-state index in [2.05, 4.69) is 29.0 Å². The zero-order valence-electron chi connectivity index (χ0n) is 20.1. The summed E-state index contributed by atoms with van der Waals surface area (Å²) in [6.45, 7) is 6.99. The number of hydrogen-bond acceptors (Lipinski definition) is 7. The number of fused-ring (bicyclic) bond motifs is 1. The van der Waals surface area contributed by atoms with Crippen molar-refractivity contribution >= 4 is 33.1 Å². The summed E-state index contributed by atoms with van der Waals surface area (Å²) >= 11 is 0. The molecule has 1 aliphatic heterocycles. The van der Waals surface area contributed by atoms with Crippen molar-refractivity contribution in [1.29, 1.82) is 5.41 Å². The first-order chi connectivity index (χ1) is 15.5. The first-order valence-electron chi connectivity index (χ1n) is 11.5. The van der Waals surface area contributed by atoms with E-state index in [0.29, 0.717) is 22.7 Å². The number of nitrogens with one attached hydrogen (secondary N) is 2. The van der Waals surface area contributed by atoms with Crippen molar-refractivity contribution in [2.75, 3.05) is 35.0 Å². The molecular weight excluding hydrogens is 436 g/mol. The minimum Gasteiger partial charge on any atom is -0.351 e. The normalized spacial score (nSPS) is 19.8. The summed E-state index contributed by atoms with van der Waals surface area (Å²) in [6, 6.07) is 7.22. The van der Waals surface area contributed by atoms with Crippen LogP contribution in [-0.4, -0.2) is 50.1 Å². The highest BCUT2D eigenvalue weighted by molar-refractivity contribution is 7.90. The van der Waals surface area contributed by atoms with Gasteiger partial charge in [-0.05, 0) is 37.5 Å². The monoisotopic (exact) mass is 470 g/mol. The molecule has 2 heterocycles. The molecule has 2 aliphatic rings. The average Bonchev–Trinajstić information content (AvgIpc) is 3.28. The van der Waals surface area contributed by atoms with E-state index in [4.69, 9.17) is 10.4 Å². The molecular formula is C24H34N6O2S. The molecule has 8 nitrogen and oxygen atoms in total. The second-order valence-corrected chi connectivity index (χ2v) is 12.0. The third kappa shape index (κ3) is 4.69. The van der Waals surface area contributed by atoms with E-state index in [0.717, 1.165) is 36.5 Å². The van der Waals surface area contributed by atoms with Crippen LogP contribution < -0.4 is 15.1 Å². The highest BCUT2D eigenvalue weighted by Gasteiger charge is 2.39. The van der Waals surface area contributed by atoms with E-state index in [-0.39, 0.29) is 11.5 Å². The summed E-state index contributed by atoms with van der Waals surface area (Å²) in [5, 5.41) is 12.1. The molecule has 0 amide bonds. The predicted octanol–water partition coefficient (Wildman–Crippen LogP) is 4.26. The molecule has 9 heteroatoms. The third-order valence-corrected chi connectivity index (χ3v) is 7.97. The lowest BCUT2D eigenvalue weighted by Gasteiger charge is -2.35. The predicted molar refractivity (Wildman–Crippen MR) is 133 cm³/mol. The van der Waals surface area contributed by atoms with Gasteiger partial charge in [-0.1, -0.05) is 38.8 Å². The lowest BCUT2D eigenvalue weighted by molar-refractivity contribution is 0.465. The van der Waals surface area contributed by atoms with Gasteiger partial charge in [-0.2, -0.15) is 4.98 Å². The van der Waals surface area contributed by atoms with Gasteiger partial charge in [0.05, 0.1) is 17.1 Å². The van der Waals surface area contributed by atoms with Gasteiger partial charge < -0.3 is 15.1 Å². The van der Waals surface area contributed by atoms with E-state index >= 15 is 0 Å². The third-order valence-electron chi connectivity index (χ3n) is 6.84. The first-order valence-corrected chi connectivity index (χ1v) is 13.4. The molecule has 1 saturated carbocycles. The molecule has 2 aromatic rings. The van der Waals surface area contributed by atoms with Gasteiger partial charge in [-0.25, -0.2) is 13.4 Å². The largest absolute Gasteiger partial charge is 0.351 e. The summed E-state index contributed by atoms with van der Waals surface area (Å²) in [6.07, 6.45) is 7.75. The fourth-order valence-electron chi connectivity index (χ4n) is 4.83. The lowest BCUT2D eigenvalue weighted by Crippen LogP contribution is -2.45. The summed E-state index contributed by atoms with van der Waals surface area (Å²) in [7, 11) is -1.30. The van der Waals surface area contributed by atoms with Crippen molar-refractivity contribution in [2.45, 2.75) is 63.4 Å². The van der Waals surface area contributed by atoms with Crippen LogP contribution in [0.25, 0.3) is 0 Å². The maximum absolute atomic E-state index is 11.7. The molecule has 0 bridgehead atoms. The number of sulfone groups is 1. The second kappa shape index (κ2) is 8.59. The molecule has 1 unspecified atom stereocenters. The highest BCUT2D eigenvalue weighted by Crippen LogP contribution is 2.40. The molecule has 0 radical (unpaired) electrons. The first kappa shape index (κ1) is 23.5. The van der Waals surface area contributed by atoms with E-state index in [9.17, 15) is 8.42 Å². The maximum Gasteiger partial charge on any atom is 0.225 e. The minimum absolute atomic E-state index is 0.102. The Kier molecular flexibility index (Phi) is 6.11. The number of anilines is 3. The quantitative estimate of drug-likeness (QED) is 0.673. The molecule has 1 aromatic heterocycles. The van der Waals surface area contributed by atoms with Gasteiger partial charge in [0.1, 0.15) is 11.5 Å². The van der Waals surface area contributed by atoms with Crippen molar-refractivity contribution in [1.82, 2.24) is 9.97 Å². The van der Waals surface area contributed by atoms with Crippen LogP contribution in [0.5, 0.6) is 0 Å². The zero-order valence-corrected chi connectivity index (χ0v) is 20.9. The fourth-order valence-corrected chi connectivity index (χ4v) is 5.46. The molecule has 1 aromatic carbocycles. The maximum atomic E-state index is 11.7. The van der Waals surface area contributed by atoms with Gasteiger partial charge in [0.15, 0.2) is 15.7 Å². The number of hydrogen-bond donors (Lipinski definition) is 2. The van der Waals surface area contributed by atoms with Crippen LogP contribution in [0.1, 0.15) is 58.1 Å². The number of nitrogens with zero attached hydrogens (tertiary/aromatic N) is 4. The van der Waals surface area contributed by atoms with Gasteiger partial charge in [-0.3, -0.25) is 5.41 Å². The summed E-state index contributed by atoms with van der Waals surface area (Å²) in [4.78, 5) is 14.1. The molecule has 1 aliphatic carbocycles. The van der Waals surface area contributed by atoms with Crippen LogP contribution >= 0.6 is 0 Å². The van der Waals surface area contributed by atoms with Gasteiger partial charge in [-0.15, -0.1) is 0 Å². The van der Waals surface area contributed by atoms with Crippen LogP contribution in [0.4, 0.5) is 17.5 Å². The van der Waals surface area contributed by atoms with Gasteiger partial charge in [0.25, 0.3) is 0 Å². The molecule has 1 atom stereocenters. The smallest absolute Gasteiger partial charge is 0.225 e. The van der Waals surface area contributed by atoms with Crippen LogP contribution in [0.3, 0.4) is 0 Å². The number of benzene rings is 1. The molecule has 0 spiro atoms. The van der Waals surface area contributed by atoms with E-state index in [1.54, 1.807) is 12.1 Å². The van der Waals surface area contributed by atoms with Crippen molar-refractivity contribution in [3.8, 4) is 0 Å². The highest BCUT2D eigenvalue weighted by atomic mass is 32.2. The number of amidine groups is 1. The number of aromatic nitrogens is 2. The van der Waals surface area contributed by atoms with Gasteiger partial charge in [0, 0.05) is 31.3 Å². The van der Waals surface area contributed by atoms with Crippen molar-refractivity contribution in [2.24, 2.45) is 5.41 Å². The fraction of sp³-hybridized carbons (Fsp3) is 0.542. The molecule has 4 rings (SSSR count). The Hall–Kier alpha value is -2.68. The van der Waals surface area contributed by atoms with Crippen molar-refractivity contribution in [3.63, 3.8) is 0 Å². The topological polar surface area (TPSA) is 102 Å². The summed E-state index contributed by atoms with van der Waals surface area (Å²) < 4.78 is 23.5. The Labute approximate surface area is 196 Å². The Morgan fingerprint density at radius 1 is 1.18 bits per heavy atom. The molecule has 178 valence electrons. The minimum atomic E-state index is -3.22. The molecule has 2 N–H and O–H groups in total. The van der Waals surface area contributed by atoms with Crippen LogP contribution in [0, 0.1) is 10.8 Å². The lowest BCUT2D eigenvalue weighted by atomic mass is 9.90. The second-order valence-electron chi connectivity index (χ2n) is 9.97. The van der Waals surface area contributed by atoms with Crippen molar-refractivity contribution in [3.05, 3.63) is 36.0 Å². The molecule has 33 heavy (non-hydrogen) atoms. The van der Waals surface area contributed by atoms with Crippen LogP contribution in [-0.2, 0) is 9.84 Å². The van der Waals surface area contributed by atoms with E-state index in [1.165, 1.54) is 19.1 Å². The Bertz CT molecular complexity index is 1140. The average molecular weight is 471 g/mol. The van der Waals surface area contributed by atoms with Crippen molar-refractivity contribution < 1.29 is 8.42 Å². The Balaban J connectivity index is 1.65. The molecule has 0 saturated heterocycles. The number of rotatable bonds is 5. The summed E-state index contributed by atoms with van der Waals surface area (Å²) in [5.41, 5.74) is 1.50. The van der Waals surface area contributed by atoms with Crippen LogP contribution in [0.15, 0.2) is 35.4 Å². The van der Waals surface area contributed by atoms with Crippen LogP contribution in [0.2, 0.25) is 0 Å². The Morgan fingerprint density at radius 3 is 2.42 bits per heavy atom. The van der Waals surface area contributed by atoms with E-state index < -0.39 is 9.84 Å². The standard InChI is InChI=1S/C24H34N6O2S/c1-16(17-10-12-19(13-11-17)33(5,31)32)27-23-26-14-20-21(28-23)30(18-8-6-7-9-18)15-24(2,3)22(25)29(20)4/h10-14,16,18,25H,6-9,15H2,1-5H3,(H,26,27,28). The van der Waals surface area contributed by atoms with Gasteiger partial charge in [0.2, 0.25) is 5.95 Å². The van der Waals surface area contributed by atoms with E-state index in [1.807, 2.05) is 37.2 Å². The Morgan fingerprint density at radius 2 is 1.82 bits per heavy atom. The molecule has 1 fully saturated rings. The summed E-state index contributed by atoms with van der Waals surface area (Å²) in [5.74, 6) is 1.96. The zero-order chi connectivity index (χ0) is 24.0. The SMILES string of the molecule is CC(Nc1ncc2c(n1)N(C1CCCC1)CC(C)(C)C(=N)N2C)c1ccc(S(C)(=O)=O)cc1.